The smallest absolute Gasteiger partial charge is 0.319 e. The zero-order valence-corrected chi connectivity index (χ0v) is 19.9. The predicted octanol–water partition coefficient (Wildman–Crippen LogP) is 4.64. The Labute approximate surface area is 205 Å². The van der Waals surface area contributed by atoms with Gasteiger partial charge in [0.15, 0.2) is 0 Å². The van der Waals surface area contributed by atoms with Gasteiger partial charge >= 0.3 is 6.03 Å². The molecule has 3 heterocycles. The number of pyridine rings is 1. The number of nitrogens with one attached hydrogen (secondary N) is 3. The molecule has 0 radical (unpaired) electrons. The summed E-state index contributed by atoms with van der Waals surface area (Å²) in [6, 6.07) is 20.6. The van der Waals surface area contributed by atoms with Crippen molar-refractivity contribution >= 4 is 35.5 Å². The van der Waals surface area contributed by atoms with E-state index in [0.717, 1.165) is 54.3 Å². The molecule has 2 aromatic heterocycles. The number of fused-ring (bicyclic) bond motifs is 1. The number of anilines is 2. The summed E-state index contributed by atoms with van der Waals surface area (Å²) in [5.41, 5.74) is 7.18. The number of carbonyl (C=O) groups excluding carboxylic acids is 1. The van der Waals surface area contributed by atoms with Crippen molar-refractivity contribution in [2.24, 2.45) is 0 Å². The van der Waals surface area contributed by atoms with E-state index in [4.69, 9.17) is 0 Å². The SMILES string of the molecule is CCNC(=O)Nc1cccc(-c2cnc3cc(-c4ccc(N5CCNCC5)cc4)ccn23)c1.Cl. The van der Waals surface area contributed by atoms with Crippen molar-refractivity contribution in [3.05, 3.63) is 73.1 Å². The molecule has 176 valence electrons. The maximum atomic E-state index is 11.9. The number of piperazine rings is 1. The number of halogens is 1. The van der Waals surface area contributed by atoms with E-state index in [0.29, 0.717) is 6.54 Å². The van der Waals surface area contributed by atoms with Crippen molar-refractivity contribution < 1.29 is 4.79 Å². The van der Waals surface area contributed by atoms with Crippen LogP contribution in [-0.4, -0.2) is 48.1 Å². The number of amides is 2. The first-order valence-corrected chi connectivity index (χ1v) is 11.4. The number of nitrogens with zero attached hydrogens (tertiary/aromatic N) is 3. The maximum absolute atomic E-state index is 11.9. The molecule has 4 aromatic rings. The Kier molecular flexibility index (Phi) is 7.35. The first-order valence-electron chi connectivity index (χ1n) is 11.4. The van der Waals surface area contributed by atoms with Crippen LogP contribution < -0.4 is 20.9 Å². The topological polar surface area (TPSA) is 73.7 Å². The number of carbonyl (C=O) groups is 1. The fourth-order valence-corrected chi connectivity index (χ4v) is 4.25. The van der Waals surface area contributed by atoms with Crippen molar-refractivity contribution in [1.82, 2.24) is 20.0 Å². The van der Waals surface area contributed by atoms with Crippen LogP contribution in [0.25, 0.3) is 28.0 Å². The van der Waals surface area contributed by atoms with Gasteiger partial charge in [-0.05, 0) is 54.4 Å². The minimum atomic E-state index is -0.208. The van der Waals surface area contributed by atoms with Crippen molar-refractivity contribution in [1.29, 1.82) is 0 Å². The molecular weight excluding hydrogens is 448 g/mol. The molecule has 1 saturated heterocycles. The third-order valence-corrected chi connectivity index (χ3v) is 5.95. The third-order valence-electron chi connectivity index (χ3n) is 5.95. The highest BCUT2D eigenvalue weighted by Crippen LogP contribution is 2.28. The average molecular weight is 477 g/mol. The molecule has 34 heavy (non-hydrogen) atoms. The number of hydrogen-bond donors (Lipinski definition) is 3. The van der Waals surface area contributed by atoms with Gasteiger partial charge < -0.3 is 20.9 Å². The summed E-state index contributed by atoms with van der Waals surface area (Å²) in [6.07, 6.45) is 3.93. The summed E-state index contributed by atoms with van der Waals surface area (Å²) >= 11 is 0. The Morgan fingerprint density at radius 2 is 1.79 bits per heavy atom. The lowest BCUT2D eigenvalue weighted by molar-refractivity contribution is 0.252. The quantitative estimate of drug-likeness (QED) is 0.392. The fourth-order valence-electron chi connectivity index (χ4n) is 4.25. The van der Waals surface area contributed by atoms with E-state index in [9.17, 15) is 4.79 Å². The van der Waals surface area contributed by atoms with Crippen LogP contribution in [0.15, 0.2) is 73.1 Å². The van der Waals surface area contributed by atoms with Gasteiger partial charge in [-0.2, -0.15) is 0 Å². The lowest BCUT2D eigenvalue weighted by Gasteiger charge is -2.29. The number of benzene rings is 2. The van der Waals surface area contributed by atoms with Gasteiger partial charge in [-0.1, -0.05) is 24.3 Å². The van der Waals surface area contributed by atoms with E-state index in [1.165, 1.54) is 11.3 Å². The van der Waals surface area contributed by atoms with Gasteiger partial charge in [0.25, 0.3) is 0 Å². The molecule has 0 spiro atoms. The summed E-state index contributed by atoms with van der Waals surface area (Å²) in [4.78, 5) is 18.9. The minimum absolute atomic E-state index is 0. The van der Waals surface area contributed by atoms with Crippen LogP contribution >= 0.6 is 12.4 Å². The molecule has 1 fully saturated rings. The molecule has 0 atom stereocenters. The van der Waals surface area contributed by atoms with Crippen LogP contribution in [0.1, 0.15) is 6.92 Å². The molecule has 0 aliphatic carbocycles. The number of imidazole rings is 1. The second-order valence-corrected chi connectivity index (χ2v) is 8.14. The normalized spacial score (nSPS) is 13.4. The predicted molar refractivity (Wildman–Crippen MR) is 141 cm³/mol. The Bertz CT molecular complexity index is 1260. The second kappa shape index (κ2) is 10.6. The van der Waals surface area contributed by atoms with E-state index < -0.39 is 0 Å². The van der Waals surface area contributed by atoms with Gasteiger partial charge in [0, 0.05) is 55.9 Å². The van der Waals surface area contributed by atoms with Gasteiger partial charge in [-0.25, -0.2) is 9.78 Å². The summed E-state index contributed by atoms with van der Waals surface area (Å²) in [7, 11) is 0. The first-order chi connectivity index (χ1) is 16.2. The molecule has 0 saturated carbocycles. The summed E-state index contributed by atoms with van der Waals surface area (Å²) in [5, 5.41) is 9.01. The van der Waals surface area contributed by atoms with Crippen molar-refractivity contribution in [3.63, 3.8) is 0 Å². The van der Waals surface area contributed by atoms with Crippen molar-refractivity contribution in [3.8, 4) is 22.4 Å². The van der Waals surface area contributed by atoms with Gasteiger partial charge in [0.05, 0.1) is 11.9 Å². The molecule has 3 N–H and O–H groups in total. The van der Waals surface area contributed by atoms with Crippen LogP contribution in [-0.2, 0) is 0 Å². The molecule has 0 bridgehead atoms. The van der Waals surface area contributed by atoms with E-state index in [-0.39, 0.29) is 18.4 Å². The maximum Gasteiger partial charge on any atom is 0.319 e. The van der Waals surface area contributed by atoms with E-state index >= 15 is 0 Å². The van der Waals surface area contributed by atoms with E-state index in [1.807, 2.05) is 37.4 Å². The van der Waals surface area contributed by atoms with E-state index in [1.54, 1.807) is 0 Å². The van der Waals surface area contributed by atoms with Gasteiger partial charge in [0.2, 0.25) is 0 Å². The summed E-state index contributed by atoms with van der Waals surface area (Å²) in [5.74, 6) is 0. The van der Waals surface area contributed by atoms with Gasteiger partial charge in [0.1, 0.15) is 5.65 Å². The van der Waals surface area contributed by atoms with Crippen LogP contribution in [0.2, 0.25) is 0 Å². The van der Waals surface area contributed by atoms with Crippen LogP contribution in [0.5, 0.6) is 0 Å². The Balaban J connectivity index is 0.00000274. The standard InChI is InChI=1S/C26H28N6O.ClH/c1-2-28-26(33)30-22-5-3-4-21(16-22)24-18-29-25-17-20(10-13-32(24)25)19-6-8-23(9-7-19)31-14-11-27-12-15-31;/h3-10,13,16-18,27H,2,11-12,14-15H2,1H3,(H2,28,30,33);1H. The lowest BCUT2D eigenvalue weighted by Crippen LogP contribution is -2.43. The zero-order chi connectivity index (χ0) is 22.6. The van der Waals surface area contributed by atoms with Crippen LogP contribution in [0, 0.1) is 0 Å². The molecule has 1 aliphatic rings. The lowest BCUT2D eigenvalue weighted by atomic mass is 10.1. The Hall–Kier alpha value is -3.55. The molecule has 7 nitrogen and oxygen atoms in total. The highest BCUT2D eigenvalue weighted by molar-refractivity contribution is 5.90. The van der Waals surface area contributed by atoms with Gasteiger partial charge in [-0.3, -0.25) is 4.40 Å². The highest BCUT2D eigenvalue weighted by atomic mass is 35.5. The third kappa shape index (κ3) is 5.00. The number of hydrogen-bond acceptors (Lipinski definition) is 4. The van der Waals surface area contributed by atoms with Crippen LogP contribution in [0.3, 0.4) is 0 Å². The largest absolute Gasteiger partial charge is 0.369 e. The Morgan fingerprint density at radius 3 is 2.56 bits per heavy atom. The zero-order valence-electron chi connectivity index (χ0n) is 19.1. The number of urea groups is 1. The molecule has 8 heteroatoms. The minimum Gasteiger partial charge on any atom is -0.369 e. The van der Waals surface area contributed by atoms with Crippen molar-refractivity contribution in [2.75, 3.05) is 42.9 Å². The Morgan fingerprint density at radius 1 is 1.00 bits per heavy atom. The van der Waals surface area contributed by atoms with E-state index in [2.05, 4.69) is 72.8 Å². The molecule has 5 rings (SSSR count). The monoisotopic (exact) mass is 476 g/mol. The number of aromatic nitrogens is 2. The van der Waals surface area contributed by atoms with Gasteiger partial charge in [-0.15, -0.1) is 12.4 Å². The molecule has 0 unspecified atom stereocenters. The average Bonchev–Trinajstić information content (AvgIpc) is 3.28. The molecule has 1 aliphatic heterocycles. The van der Waals surface area contributed by atoms with Crippen molar-refractivity contribution in [2.45, 2.75) is 6.92 Å². The summed E-state index contributed by atoms with van der Waals surface area (Å²) < 4.78 is 2.07. The first kappa shape index (κ1) is 23.6. The summed E-state index contributed by atoms with van der Waals surface area (Å²) in [6.45, 7) is 6.63. The number of rotatable bonds is 5. The molecule has 2 aromatic carbocycles. The molecular formula is C26H29ClN6O. The highest BCUT2D eigenvalue weighted by Gasteiger charge is 2.12. The second-order valence-electron chi connectivity index (χ2n) is 8.14. The fraction of sp³-hybridized carbons (Fsp3) is 0.231. The molecule has 2 amide bonds. The van der Waals surface area contributed by atoms with Crippen LogP contribution in [0.4, 0.5) is 16.2 Å².